The molecule has 19 heavy (non-hydrogen) atoms. The Labute approximate surface area is 124 Å². The summed E-state index contributed by atoms with van der Waals surface area (Å²) in [6.07, 6.45) is 7.25. The van der Waals surface area contributed by atoms with Crippen molar-refractivity contribution in [3.8, 4) is 0 Å². The van der Waals surface area contributed by atoms with Crippen LogP contribution in [0.5, 0.6) is 0 Å². The lowest BCUT2D eigenvalue weighted by Crippen LogP contribution is -2.22. The third kappa shape index (κ3) is 4.18. The molecule has 1 fully saturated rings. The highest BCUT2D eigenvalue weighted by Crippen LogP contribution is 2.38. The second-order valence-corrected chi connectivity index (χ2v) is 7.41. The van der Waals surface area contributed by atoms with Crippen LogP contribution in [0.1, 0.15) is 32.6 Å². The van der Waals surface area contributed by atoms with Crippen LogP contribution in [0.25, 0.3) is 0 Å². The molecule has 0 radical (unpaired) electrons. The van der Waals surface area contributed by atoms with Gasteiger partial charge >= 0.3 is 0 Å². The first-order valence-electron chi connectivity index (χ1n) is 6.80. The normalized spacial score (nSPS) is 17.4. The van der Waals surface area contributed by atoms with Gasteiger partial charge in [-0.3, -0.25) is 4.79 Å². The van der Waals surface area contributed by atoms with E-state index in [1.54, 1.807) is 11.8 Å². The quantitative estimate of drug-likeness (QED) is 0.872. The lowest BCUT2D eigenvalue weighted by Gasteiger charge is -2.15. The molecule has 1 unspecified atom stereocenters. The molecule has 1 saturated carbocycles. The Kier molecular flexibility index (Phi) is 5.64. The fourth-order valence-corrected chi connectivity index (χ4v) is 3.80. The average molecular weight is 295 g/mol. The molecule has 1 amide bonds. The molecule has 2 nitrogen and oxygen atoms in total. The molecule has 1 aliphatic rings. The van der Waals surface area contributed by atoms with Crippen LogP contribution < -0.4 is 5.32 Å². The standard InChI is InChI=1S/C15H21NOS2/c1-11(18-2)15(17)16-13-9-5-6-10-14(13)19-12-7-3-4-8-12/h5-6,9-12H,3-4,7-8H2,1-2H3,(H,16,17). The Morgan fingerprint density at radius 1 is 1.32 bits per heavy atom. The minimum absolute atomic E-state index is 0.00969. The molecule has 0 spiro atoms. The van der Waals surface area contributed by atoms with Crippen LogP contribution in [-0.4, -0.2) is 22.7 Å². The molecule has 104 valence electrons. The van der Waals surface area contributed by atoms with Crippen LogP contribution in [0.4, 0.5) is 5.69 Å². The molecule has 0 bridgehead atoms. The summed E-state index contributed by atoms with van der Waals surface area (Å²) in [4.78, 5) is 13.2. The maximum Gasteiger partial charge on any atom is 0.237 e. The van der Waals surface area contributed by atoms with Crippen molar-refractivity contribution in [1.82, 2.24) is 0 Å². The lowest BCUT2D eigenvalue weighted by molar-refractivity contribution is -0.115. The average Bonchev–Trinajstić information content (AvgIpc) is 2.93. The smallest absolute Gasteiger partial charge is 0.237 e. The van der Waals surface area contributed by atoms with E-state index < -0.39 is 0 Å². The number of carbonyl (C=O) groups excluding carboxylic acids is 1. The Bertz CT molecular complexity index is 430. The highest BCUT2D eigenvalue weighted by Gasteiger charge is 2.19. The van der Waals surface area contributed by atoms with Crippen LogP contribution in [0, 0.1) is 0 Å². The number of carbonyl (C=O) groups is 1. The van der Waals surface area contributed by atoms with E-state index in [-0.39, 0.29) is 11.2 Å². The topological polar surface area (TPSA) is 29.1 Å². The van der Waals surface area contributed by atoms with Crippen LogP contribution in [0.2, 0.25) is 0 Å². The van der Waals surface area contributed by atoms with Crippen LogP contribution >= 0.6 is 23.5 Å². The van der Waals surface area contributed by atoms with Gasteiger partial charge in [-0.1, -0.05) is 25.0 Å². The van der Waals surface area contributed by atoms with Gasteiger partial charge in [0.25, 0.3) is 0 Å². The summed E-state index contributed by atoms with van der Waals surface area (Å²) >= 11 is 3.49. The van der Waals surface area contributed by atoms with Gasteiger partial charge in [-0.05, 0) is 38.2 Å². The second-order valence-electron chi connectivity index (χ2n) is 4.89. The third-order valence-corrected chi connectivity index (χ3v) is 5.80. The van der Waals surface area contributed by atoms with Crippen LogP contribution in [0.3, 0.4) is 0 Å². The molecule has 1 atom stereocenters. The summed E-state index contributed by atoms with van der Waals surface area (Å²) in [5.41, 5.74) is 0.963. The summed E-state index contributed by atoms with van der Waals surface area (Å²) in [7, 11) is 0. The molecule has 4 heteroatoms. The molecule has 0 saturated heterocycles. The molecular weight excluding hydrogens is 274 g/mol. The van der Waals surface area contributed by atoms with Crippen molar-refractivity contribution in [2.45, 2.75) is 48.0 Å². The van der Waals surface area contributed by atoms with E-state index in [1.807, 2.05) is 43.1 Å². The molecule has 1 aromatic rings. The van der Waals surface area contributed by atoms with E-state index in [4.69, 9.17) is 0 Å². The van der Waals surface area contributed by atoms with Gasteiger partial charge in [0.2, 0.25) is 5.91 Å². The number of anilines is 1. The molecule has 0 aromatic heterocycles. The van der Waals surface area contributed by atoms with Crippen molar-refractivity contribution in [2.24, 2.45) is 0 Å². The monoisotopic (exact) mass is 295 g/mol. The van der Waals surface area contributed by atoms with E-state index in [1.165, 1.54) is 30.6 Å². The zero-order chi connectivity index (χ0) is 13.7. The lowest BCUT2D eigenvalue weighted by atomic mass is 10.3. The minimum atomic E-state index is -0.00969. The molecular formula is C15H21NOS2. The maximum absolute atomic E-state index is 12.0. The van der Waals surface area contributed by atoms with Crippen molar-refractivity contribution in [1.29, 1.82) is 0 Å². The number of amides is 1. The van der Waals surface area contributed by atoms with Gasteiger partial charge in [-0.15, -0.1) is 11.8 Å². The first-order chi connectivity index (χ1) is 9.20. The summed E-state index contributed by atoms with van der Waals surface area (Å²) < 4.78 is 0. The molecule has 0 aliphatic heterocycles. The second kappa shape index (κ2) is 7.25. The van der Waals surface area contributed by atoms with Gasteiger partial charge in [0.15, 0.2) is 0 Å². The van der Waals surface area contributed by atoms with Crippen molar-refractivity contribution in [3.05, 3.63) is 24.3 Å². The van der Waals surface area contributed by atoms with E-state index in [0.717, 1.165) is 10.9 Å². The van der Waals surface area contributed by atoms with Gasteiger partial charge in [0.1, 0.15) is 0 Å². The number of benzene rings is 1. The first-order valence-corrected chi connectivity index (χ1v) is 8.97. The summed E-state index contributed by atoms with van der Waals surface area (Å²) in [6, 6.07) is 8.15. The van der Waals surface area contributed by atoms with Gasteiger partial charge in [-0.2, -0.15) is 11.8 Å². The van der Waals surface area contributed by atoms with E-state index in [0.29, 0.717) is 0 Å². The molecule has 2 rings (SSSR count). The molecule has 1 aromatic carbocycles. The zero-order valence-electron chi connectivity index (χ0n) is 11.5. The van der Waals surface area contributed by atoms with Crippen molar-refractivity contribution < 1.29 is 4.79 Å². The maximum atomic E-state index is 12.0. The number of hydrogen-bond acceptors (Lipinski definition) is 3. The summed E-state index contributed by atoms with van der Waals surface area (Å²) in [5, 5.41) is 3.76. The Balaban J connectivity index is 2.05. The minimum Gasteiger partial charge on any atom is -0.324 e. The Morgan fingerprint density at radius 3 is 2.68 bits per heavy atom. The van der Waals surface area contributed by atoms with Crippen LogP contribution in [0.15, 0.2) is 29.2 Å². The summed E-state index contributed by atoms with van der Waals surface area (Å²) in [5.74, 6) is 0.0898. The Hall–Kier alpha value is -0.610. The third-order valence-electron chi connectivity index (χ3n) is 3.46. The van der Waals surface area contributed by atoms with E-state index >= 15 is 0 Å². The predicted molar refractivity (Wildman–Crippen MR) is 86.2 cm³/mol. The number of hydrogen-bond donors (Lipinski definition) is 1. The molecule has 0 heterocycles. The SMILES string of the molecule is CSC(C)C(=O)Nc1ccccc1SC1CCCC1. The van der Waals surface area contributed by atoms with Gasteiger partial charge in [0, 0.05) is 10.1 Å². The summed E-state index contributed by atoms with van der Waals surface area (Å²) in [6.45, 7) is 1.94. The van der Waals surface area contributed by atoms with Crippen molar-refractivity contribution >= 4 is 35.1 Å². The van der Waals surface area contributed by atoms with Gasteiger partial charge in [0.05, 0.1) is 10.9 Å². The number of rotatable bonds is 5. The zero-order valence-corrected chi connectivity index (χ0v) is 13.2. The Morgan fingerprint density at radius 2 is 2.00 bits per heavy atom. The molecule has 1 N–H and O–H groups in total. The fraction of sp³-hybridized carbons (Fsp3) is 0.533. The highest BCUT2D eigenvalue weighted by atomic mass is 32.2. The molecule has 1 aliphatic carbocycles. The fourth-order valence-electron chi connectivity index (χ4n) is 2.20. The van der Waals surface area contributed by atoms with Crippen molar-refractivity contribution in [3.63, 3.8) is 0 Å². The van der Waals surface area contributed by atoms with Crippen LogP contribution in [-0.2, 0) is 4.79 Å². The van der Waals surface area contributed by atoms with Gasteiger partial charge in [-0.25, -0.2) is 0 Å². The number of thioether (sulfide) groups is 2. The van der Waals surface area contributed by atoms with Gasteiger partial charge < -0.3 is 5.32 Å². The van der Waals surface area contributed by atoms with Crippen molar-refractivity contribution in [2.75, 3.05) is 11.6 Å². The highest BCUT2D eigenvalue weighted by molar-refractivity contribution is 8.00. The number of para-hydroxylation sites is 1. The number of nitrogens with one attached hydrogen (secondary N) is 1. The predicted octanol–water partition coefficient (Wildman–Crippen LogP) is 4.41. The van der Waals surface area contributed by atoms with E-state index in [2.05, 4.69) is 11.4 Å². The first kappa shape index (κ1) is 14.8. The van der Waals surface area contributed by atoms with E-state index in [9.17, 15) is 4.79 Å². The largest absolute Gasteiger partial charge is 0.324 e.